The zero-order valence-electron chi connectivity index (χ0n) is 8.61. The number of hydrogen-bond donors (Lipinski definition) is 2. The van der Waals surface area contributed by atoms with Crippen molar-refractivity contribution < 1.29 is 8.42 Å². The van der Waals surface area contributed by atoms with Gasteiger partial charge >= 0.3 is 0 Å². The van der Waals surface area contributed by atoms with Crippen LogP contribution in [0.25, 0.3) is 0 Å². The highest BCUT2D eigenvalue weighted by Gasteiger charge is 2.18. The standard InChI is InChI=1S/C10H14BrNO2S/c1-7(2)10(12-15(13)14)8-5-3-4-6-9(8)11/h3-7,10,15H,1-2H3,(H,12,13,14). The van der Waals surface area contributed by atoms with Gasteiger partial charge < -0.3 is 0 Å². The summed E-state index contributed by atoms with van der Waals surface area (Å²) in [5.74, 6) is 0.205. The second kappa shape index (κ2) is 5.63. The lowest BCUT2D eigenvalue weighted by molar-refractivity contribution is 0.468. The summed E-state index contributed by atoms with van der Waals surface area (Å²) in [5, 5.41) is 0. The van der Waals surface area contributed by atoms with Gasteiger partial charge in [-0.15, -0.1) is 0 Å². The van der Waals surface area contributed by atoms with Gasteiger partial charge in [0.15, 0.2) is 0 Å². The van der Waals surface area contributed by atoms with Crippen LogP contribution in [-0.4, -0.2) is 8.42 Å². The molecule has 0 bridgehead atoms. The number of rotatable bonds is 4. The quantitative estimate of drug-likeness (QED) is 0.836. The fourth-order valence-corrected chi connectivity index (χ4v) is 2.61. The molecule has 0 saturated heterocycles. The molecule has 0 spiro atoms. The molecule has 0 saturated carbocycles. The average molecular weight is 292 g/mol. The molecular formula is C10H14BrNO2S. The third-order valence-electron chi connectivity index (χ3n) is 2.15. The first-order chi connectivity index (χ1) is 7.02. The van der Waals surface area contributed by atoms with Crippen molar-refractivity contribution >= 4 is 26.8 Å². The Morgan fingerprint density at radius 2 is 1.87 bits per heavy atom. The van der Waals surface area contributed by atoms with Crippen molar-refractivity contribution in [1.29, 1.82) is 0 Å². The van der Waals surface area contributed by atoms with Crippen LogP contribution < -0.4 is 4.72 Å². The van der Waals surface area contributed by atoms with E-state index in [4.69, 9.17) is 0 Å². The van der Waals surface area contributed by atoms with Crippen LogP contribution >= 0.6 is 15.9 Å². The molecule has 0 amide bonds. The van der Waals surface area contributed by atoms with E-state index in [0.29, 0.717) is 0 Å². The Morgan fingerprint density at radius 1 is 1.27 bits per heavy atom. The molecule has 1 aromatic rings. The van der Waals surface area contributed by atoms with Gasteiger partial charge in [-0.25, -0.2) is 13.1 Å². The molecule has 1 aromatic carbocycles. The van der Waals surface area contributed by atoms with E-state index in [2.05, 4.69) is 20.7 Å². The lowest BCUT2D eigenvalue weighted by atomic mass is 9.97. The summed E-state index contributed by atoms with van der Waals surface area (Å²) in [7, 11) is -2.58. The van der Waals surface area contributed by atoms with E-state index in [-0.39, 0.29) is 12.0 Å². The maximum absolute atomic E-state index is 10.7. The Bertz CT molecular complexity index is 396. The third kappa shape index (κ3) is 3.59. The maximum atomic E-state index is 10.7. The number of nitrogens with one attached hydrogen (secondary N) is 1. The summed E-state index contributed by atoms with van der Waals surface area (Å²) in [5.41, 5.74) is 0.965. The first-order valence-electron chi connectivity index (χ1n) is 4.67. The van der Waals surface area contributed by atoms with Crippen LogP contribution in [0.1, 0.15) is 25.5 Å². The zero-order chi connectivity index (χ0) is 11.4. The molecule has 15 heavy (non-hydrogen) atoms. The second-order valence-corrected chi connectivity index (χ2v) is 5.26. The maximum Gasteiger partial charge on any atom is 0.201 e. The summed E-state index contributed by atoms with van der Waals surface area (Å²) in [4.78, 5) is 0. The van der Waals surface area contributed by atoms with Gasteiger partial charge in [-0.05, 0) is 17.5 Å². The summed E-state index contributed by atoms with van der Waals surface area (Å²) >= 11 is 3.42. The Labute approximate surface area is 100 Å². The molecule has 1 atom stereocenters. The molecule has 0 aliphatic carbocycles. The fraction of sp³-hybridized carbons (Fsp3) is 0.400. The highest BCUT2D eigenvalue weighted by atomic mass is 79.9. The van der Waals surface area contributed by atoms with Gasteiger partial charge in [-0.2, -0.15) is 0 Å². The summed E-state index contributed by atoms with van der Waals surface area (Å²) in [6, 6.07) is 7.45. The van der Waals surface area contributed by atoms with Gasteiger partial charge in [-0.1, -0.05) is 48.0 Å². The van der Waals surface area contributed by atoms with E-state index in [0.717, 1.165) is 10.0 Å². The number of benzene rings is 1. The number of thiol groups is 1. The van der Waals surface area contributed by atoms with E-state index >= 15 is 0 Å². The largest absolute Gasteiger partial charge is 0.215 e. The summed E-state index contributed by atoms with van der Waals surface area (Å²) < 4.78 is 24.9. The van der Waals surface area contributed by atoms with Crippen LogP contribution in [0.3, 0.4) is 0 Å². The summed E-state index contributed by atoms with van der Waals surface area (Å²) in [6.45, 7) is 3.96. The molecule has 0 fully saturated rings. The minimum atomic E-state index is -2.58. The smallest absolute Gasteiger partial charge is 0.201 e. The molecule has 84 valence electrons. The number of halogens is 1. The fourth-order valence-electron chi connectivity index (χ4n) is 1.42. The number of hydrogen-bond acceptors (Lipinski definition) is 2. The van der Waals surface area contributed by atoms with Gasteiger partial charge in [0.2, 0.25) is 10.9 Å². The topological polar surface area (TPSA) is 46.2 Å². The van der Waals surface area contributed by atoms with Crippen molar-refractivity contribution in [1.82, 2.24) is 4.72 Å². The molecule has 3 nitrogen and oxygen atoms in total. The van der Waals surface area contributed by atoms with Crippen LogP contribution in [0.5, 0.6) is 0 Å². The highest BCUT2D eigenvalue weighted by molar-refractivity contribution is 9.10. The van der Waals surface area contributed by atoms with E-state index < -0.39 is 10.9 Å². The first-order valence-corrected chi connectivity index (χ1v) is 6.64. The predicted octanol–water partition coefficient (Wildman–Crippen LogP) is 2.26. The van der Waals surface area contributed by atoms with Crippen molar-refractivity contribution in [2.45, 2.75) is 19.9 Å². The van der Waals surface area contributed by atoms with Crippen LogP contribution in [0.2, 0.25) is 0 Å². The predicted molar refractivity (Wildman–Crippen MR) is 65.2 cm³/mol. The van der Waals surface area contributed by atoms with Crippen LogP contribution in [0.15, 0.2) is 28.7 Å². The van der Waals surface area contributed by atoms with Crippen molar-refractivity contribution in [2.75, 3.05) is 0 Å². The van der Waals surface area contributed by atoms with Gasteiger partial charge in [-0.3, -0.25) is 0 Å². The molecule has 0 radical (unpaired) electrons. The average Bonchev–Trinajstić information content (AvgIpc) is 2.15. The zero-order valence-corrected chi connectivity index (χ0v) is 11.1. The van der Waals surface area contributed by atoms with Gasteiger partial charge in [0.25, 0.3) is 0 Å². The van der Waals surface area contributed by atoms with Crippen molar-refractivity contribution in [3.05, 3.63) is 34.3 Å². The first kappa shape index (κ1) is 12.7. The van der Waals surface area contributed by atoms with E-state index in [1.54, 1.807) is 0 Å². The molecule has 0 aromatic heterocycles. The van der Waals surface area contributed by atoms with Gasteiger partial charge in [0.05, 0.1) is 0 Å². The Balaban J connectivity index is 3.04. The van der Waals surface area contributed by atoms with E-state index in [1.165, 1.54) is 0 Å². The third-order valence-corrected chi connectivity index (χ3v) is 3.36. The Kier molecular flexibility index (Phi) is 4.76. The normalized spacial score (nSPS) is 13.4. The van der Waals surface area contributed by atoms with Crippen molar-refractivity contribution in [2.24, 2.45) is 5.92 Å². The molecule has 5 heteroatoms. The monoisotopic (exact) mass is 291 g/mol. The van der Waals surface area contributed by atoms with Crippen LogP contribution in [0, 0.1) is 5.92 Å². The Morgan fingerprint density at radius 3 is 2.33 bits per heavy atom. The minimum Gasteiger partial charge on any atom is -0.215 e. The molecule has 0 aliphatic rings. The molecular weight excluding hydrogens is 278 g/mol. The van der Waals surface area contributed by atoms with Crippen LogP contribution in [-0.2, 0) is 10.9 Å². The molecule has 1 unspecified atom stereocenters. The second-order valence-electron chi connectivity index (χ2n) is 3.63. The lowest BCUT2D eigenvalue weighted by Crippen LogP contribution is -2.24. The van der Waals surface area contributed by atoms with Crippen LogP contribution in [0.4, 0.5) is 0 Å². The Hall–Kier alpha value is -0.390. The van der Waals surface area contributed by atoms with E-state index in [1.807, 2.05) is 38.1 Å². The molecule has 0 heterocycles. The summed E-state index contributed by atoms with van der Waals surface area (Å²) in [6.07, 6.45) is 0. The molecule has 1 N–H and O–H groups in total. The van der Waals surface area contributed by atoms with Crippen molar-refractivity contribution in [3.63, 3.8) is 0 Å². The van der Waals surface area contributed by atoms with Gasteiger partial charge in [0.1, 0.15) is 0 Å². The molecule has 0 aliphatic heterocycles. The van der Waals surface area contributed by atoms with E-state index in [9.17, 15) is 8.42 Å². The van der Waals surface area contributed by atoms with Crippen molar-refractivity contribution in [3.8, 4) is 0 Å². The lowest BCUT2D eigenvalue weighted by Gasteiger charge is -2.20. The SMILES string of the molecule is CC(C)C(N[SH](=O)=O)c1ccccc1Br. The minimum absolute atomic E-state index is 0.179. The highest BCUT2D eigenvalue weighted by Crippen LogP contribution is 2.28. The molecule has 1 rings (SSSR count). The van der Waals surface area contributed by atoms with Gasteiger partial charge in [0, 0.05) is 10.5 Å².